The van der Waals surface area contributed by atoms with Crippen LogP contribution >= 0.6 is 0 Å². The van der Waals surface area contributed by atoms with Gasteiger partial charge in [0.05, 0.1) is 0 Å². The van der Waals surface area contributed by atoms with Crippen molar-refractivity contribution in [2.45, 2.75) is 12.3 Å². The molecule has 0 aliphatic heterocycles. The van der Waals surface area contributed by atoms with Gasteiger partial charge in [0, 0.05) is 23.4 Å². The Hall–Kier alpha value is -2.04. The lowest BCUT2D eigenvalue weighted by Gasteiger charge is -2.19. The Morgan fingerprint density at radius 2 is 1.87 bits per heavy atom. The molecule has 1 aromatic rings. The Morgan fingerprint density at radius 1 is 1.27 bits per heavy atom. The molecule has 0 spiro atoms. The summed E-state index contributed by atoms with van der Waals surface area (Å²) in [6, 6.07) is 5.61. The summed E-state index contributed by atoms with van der Waals surface area (Å²) in [5.74, 6) is -4.72. The third-order valence-electron chi connectivity index (χ3n) is 1.97. The van der Waals surface area contributed by atoms with E-state index < -0.39 is 24.3 Å². The number of carbonyl (C=O) groups excluding carboxylic acids is 2. The molecule has 0 unspecified atom stereocenters. The standard InChI is InChI=1S/C10H10O5/c11-8-4-2-1-3-6(8)7(10(14)15)5-9(12)13/h1-4,7,11H,5H2,(H,12,13)(H,14,15)/p-2/t7-/m0/s1. The van der Waals surface area contributed by atoms with Crippen molar-refractivity contribution in [1.82, 2.24) is 0 Å². The lowest BCUT2D eigenvalue weighted by atomic mass is 9.95. The zero-order chi connectivity index (χ0) is 11.4. The first-order valence-corrected chi connectivity index (χ1v) is 4.21. The van der Waals surface area contributed by atoms with Crippen molar-refractivity contribution in [3.63, 3.8) is 0 Å². The first-order chi connectivity index (χ1) is 7.02. The number of para-hydroxylation sites is 1. The average Bonchev–Trinajstić information content (AvgIpc) is 2.15. The van der Waals surface area contributed by atoms with Crippen LogP contribution in [0.1, 0.15) is 17.9 Å². The van der Waals surface area contributed by atoms with E-state index in [0.717, 1.165) is 0 Å². The molecule has 0 amide bonds. The highest BCUT2D eigenvalue weighted by Crippen LogP contribution is 2.27. The molecule has 0 radical (unpaired) electrons. The maximum atomic E-state index is 10.7. The molecule has 5 nitrogen and oxygen atoms in total. The summed E-state index contributed by atoms with van der Waals surface area (Å²) < 4.78 is 0. The second-order valence-electron chi connectivity index (χ2n) is 3.01. The molecule has 0 saturated heterocycles. The topological polar surface area (TPSA) is 100 Å². The van der Waals surface area contributed by atoms with Gasteiger partial charge in [0.25, 0.3) is 0 Å². The van der Waals surface area contributed by atoms with Crippen molar-refractivity contribution < 1.29 is 24.9 Å². The first kappa shape index (κ1) is 11.0. The predicted octanol–water partition coefficient (Wildman–Crippen LogP) is -1.63. The number of phenolic OH excluding ortho intramolecular Hbond substituents is 1. The monoisotopic (exact) mass is 208 g/mol. The smallest absolute Gasteiger partial charge is 0.119 e. The second kappa shape index (κ2) is 4.45. The molecule has 0 fully saturated rings. The van der Waals surface area contributed by atoms with Crippen LogP contribution in [-0.2, 0) is 9.59 Å². The first-order valence-electron chi connectivity index (χ1n) is 4.21. The summed E-state index contributed by atoms with van der Waals surface area (Å²) in [6.45, 7) is 0. The number of carboxylic acid groups (broad SMARTS) is 2. The van der Waals surface area contributed by atoms with Crippen LogP contribution in [0.5, 0.6) is 5.75 Å². The van der Waals surface area contributed by atoms with Crippen molar-refractivity contribution in [2.75, 3.05) is 0 Å². The van der Waals surface area contributed by atoms with E-state index in [-0.39, 0.29) is 11.3 Å². The fraction of sp³-hybridized carbons (Fsp3) is 0.200. The SMILES string of the molecule is O=C([O-])C[C@H](C(=O)[O-])c1ccccc1O. The summed E-state index contributed by atoms with van der Waals surface area (Å²) in [6.07, 6.45) is -0.722. The summed E-state index contributed by atoms with van der Waals surface area (Å²) in [7, 11) is 0. The lowest BCUT2D eigenvalue weighted by molar-refractivity contribution is -0.317. The molecule has 0 heterocycles. The molecule has 1 N–H and O–H groups in total. The third-order valence-corrected chi connectivity index (χ3v) is 1.97. The maximum absolute atomic E-state index is 10.7. The van der Waals surface area contributed by atoms with Crippen molar-refractivity contribution in [1.29, 1.82) is 0 Å². The second-order valence-corrected chi connectivity index (χ2v) is 3.01. The number of benzene rings is 1. The maximum Gasteiger partial charge on any atom is 0.119 e. The van der Waals surface area contributed by atoms with Crippen LogP contribution < -0.4 is 10.2 Å². The van der Waals surface area contributed by atoms with Crippen LogP contribution in [0.4, 0.5) is 0 Å². The summed E-state index contributed by atoms with van der Waals surface area (Å²) in [5, 5.41) is 30.3. The molecule has 1 rings (SSSR count). The number of aliphatic carboxylic acids is 2. The molecule has 0 aliphatic rings. The number of hydrogen-bond donors (Lipinski definition) is 1. The fourth-order valence-corrected chi connectivity index (χ4v) is 1.27. The van der Waals surface area contributed by atoms with Crippen LogP contribution in [0.3, 0.4) is 0 Å². The van der Waals surface area contributed by atoms with Gasteiger partial charge in [-0.25, -0.2) is 0 Å². The van der Waals surface area contributed by atoms with Gasteiger partial charge in [-0.15, -0.1) is 0 Å². The highest BCUT2D eigenvalue weighted by Gasteiger charge is 2.16. The van der Waals surface area contributed by atoms with Gasteiger partial charge in [0.2, 0.25) is 0 Å². The van der Waals surface area contributed by atoms with Crippen molar-refractivity contribution in [3.8, 4) is 5.75 Å². The van der Waals surface area contributed by atoms with Crippen molar-refractivity contribution in [3.05, 3.63) is 29.8 Å². The Labute approximate surface area is 85.6 Å². The van der Waals surface area contributed by atoms with Crippen LogP contribution in [0, 0.1) is 0 Å². The number of aromatic hydroxyl groups is 1. The van der Waals surface area contributed by atoms with Gasteiger partial charge in [-0.2, -0.15) is 0 Å². The third kappa shape index (κ3) is 2.70. The normalized spacial score (nSPS) is 12.0. The summed E-state index contributed by atoms with van der Waals surface area (Å²) in [5.41, 5.74) is 0.0155. The molecule has 15 heavy (non-hydrogen) atoms. The molecule has 0 aliphatic carbocycles. The zero-order valence-corrected chi connectivity index (χ0v) is 7.67. The average molecular weight is 208 g/mol. The number of carbonyl (C=O) groups is 2. The minimum absolute atomic E-state index is 0.0155. The van der Waals surface area contributed by atoms with E-state index in [2.05, 4.69) is 0 Å². The largest absolute Gasteiger partial charge is 0.550 e. The quantitative estimate of drug-likeness (QED) is 0.639. The van der Waals surface area contributed by atoms with Crippen LogP contribution in [0.2, 0.25) is 0 Å². The molecule has 0 aromatic heterocycles. The van der Waals surface area contributed by atoms with Gasteiger partial charge >= 0.3 is 0 Å². The van der Waals surface area contributed by atoms with E-state index >= 15 is 0 Å². The molecule has 5 heteroatoms. The number of carboxylic acids is 2. The molecule has 1 aromatic carbocycles. The zero-order valence-electron chi connectivity index (χ0n) is 7.67. The lowest BCUT2D eigenvalue weighted by Crippen LogP contribution is -2.34. The molecule has 0 bridgehead atoms. The van der Waals surface area contributed by atoms with Gasteiger partial charge < -0.3 is 24.9 Å². The number of hydrogen-bond acceptors (Lipinski definition) is 5. The Morgan fingerprint density at radius 3 is 2.33 bits per heavy atom. The Balaban J connectivity index is 3.04. The molecule has 0 saturated carbocycles. The van der Waals surface area contributed by atoms with Gasteiger partial charge in [0.15, 0.2) is 0 Å². The van der Waals surface area contributed by atoms with E-state index in [0.29, 0.717) is 0 Å². The van der Waals surface area contributed by atoms with Crippen molar-refractivity contribution >= 4 is 11.9 Å². The summed E-state index contributed by atoms with van der Waals surface area (Å²) in [4.78, 5) is 21.0. The van der Waals surface area contributed by atoms with Crippen LogP contribution in [-0.4, -0.2) is 17.0 Å². The molecular formula is C10H8O5-2. The van der Waals surface area contributed by atoms with E-state index in [1.54, 1.807) is 0 Å². The number of rotatable bonds is 4. The van der Waals surface area contributed by atoms with E-state index in [1.807, 2.05) is 0 Å². The van der Waals surface area contributed by atoms with Crippen LogP contribution in [0.25, 0.3) is 0 Å². The highest BCUT2D eigenvalue weighted by molar-refractivity contribution is 5.81. The summed E-state index contributed by atoms with van der Waals surface area (Å²) >= 11 is 0. The predicted molar refractivity (Wildman–Crippen MR) is 45.5 cm³/mol. The number of phenols is 1. The van der Waals surface area contributed by atoms with Gasteiger partial charge in [-0.05, 0) is 12.5 Å². The highest BCUT2D eigenvalue weighted by atomic mass is 16.4. The molecule has 1 atom stereocenters. The van der Waals surface area contributed by atoms with Gasteiger partial charge in [-0.1, -0.05) is 18.2 Å². The molecule has 80 valence electrons. The van der Waals surface area contributed by atoms with Gasteiger partial charge in [-0.3, -0.25) is 0 Å². The van der Waals surface area contributed by atoms with Gasteiger partial charge in [0.1, 0.15) is 5.75 Å². The van der Waals surface area contributed by atoms with E-state index in [1.165, 1.54) is 24.3 Å². The van der Waals surface area contributed by atoms with E-state index in [4.69, 9.17) is 0 Å². The Bertz CT molecular complexity index is 385. The fourth-order valence-electron chi connectivity index (χ4n) is 1.27. The minimum Gasteiger partial charge on any atom is -0.550 e. The van der Waals surface area contributed by atoms with Crippen LogP contribution in [0.15, 0.2) is 24.3 Å². The van der Waals surface area contributed by atoms with E-state index in [9.17, 15) is 24.9 Å². The minimum atomic E-state index is -1.55. The van der Waals surface area contributed by atoms with Crippen molar-refractivity contribution in [2.24, 2.45) is 0 Å². The Kier molecular flexibility index (Phi) is 3.28. The molecular weight excluding hydrogens is 200 g/mol.